The largest absolute Gasteiger partial charge is 0.496 e. The Bertz CT molecular complexity index is 1460. The van der Waals surface area contributed by atoms with Gasteiger partial charge in [0.2, 0.25) is 5.91 Å². The molecule has 0 unspecified atom stereocenters. The summed E-state index contributed by atoms with van der Waals surface area (Å²) in [5, 5.41) is 6.04. The highest BCUT2D eigenvalue weighted by molar-refractivity contribution is 5.96. The number of carbonyl (C=O) groups excluding carboxylic acids is 3. The first-order valence-corrected chi connectivity index (χ1v) is 14.1. The highest BCUT2D eigenvalue weighted by Gasteiger charge is 2.37. The molecular weight excluding hydrogens is 534 g/mol. The summed E-state index contributed by atoms with van der Waals surface area (Å²) in [5.74, 6) is 1.26. The van der Waals surface area contributed by atoms with E-state index in [1.54, 1.807) is 36.3 Å². The number of methoxy groups -OCH3 is 1. The molecule has 1 saturated heterocycles. The van der Waals surface area contributed by atoms with Crippen LogP contribution in [-0.4, -0.2) is 61.6 Å². The van der Waals surface area contributed by atoms with Crippen molar-refractivity contribution < 1.29 is 28.6 Å². The number of hydrogen-bond donors (Lipinski definition) is 2. The molecule has 9 heteroatoms. The van der Waals surface area contributed by atoms with Gasteiger partial charge in [-0.05, 0) is 53.6 Å². The van der Waals surface area contributed by atoms with Crippen molar-refractivity contribution in [1.29, 1.82) is 0 Å². The number of ether oxygens (including phenoxy) is 3. The highest BCUT2D eigenvalue weighted by Crippen LogP contribution is 2.33. The lowest BCUT2D eigenvalue weighted by Gasteiger charge is -2.41. The number of nitrogens with one attached hydrogen (secondary N) is 2. The molecule has 9 nitrogen and oxygen atoms in total. The van der Waals surface area contributed by atoms with Crippen molar-refractivity contribution in [3.63, 3.8) is 0 Å². The van der Waals surface area contributed by atoms with Crippen LogP contribution in [0.1, 0.15) is 43.1 Å². The van der Waals surface area contributed by atoms with Gasteiger partial charge in [-0.15, -0.1) is 0 Å². The third-order valence-corrected chi connectivity index (χ3v) is 7.47. The van der Waals surface area contributed by atoms with Gasteiger partial charge in [-0.3, -0.25) is 14.4 Å². The summed E-state index contributed by atoms with van der Waals surface area (Å²) in [6.45, 7) is 6.76. The van der Waals surface area contributed by atoms with E-state index < -0.39 is 11.5 Å². The van der Waals surface area contributed by atoms with E-state index in [0.29, 0.717) is 54.4 Å². The fourth-order valence-corrected chi connectivity index (χ4v) is 5.21. The molecule has 0 spiro atoms. The van der Waals surface area contributed by atoms with Crippen LogP contribution in [0.2, 0.25) is 0 Å². The van der Waals surface area contributed by atoms with Crippen molar-refractivity contribution in [3.8, 4) is 28.4 Å². The summed E-state index contributed by atoms with van der Waals surface area (Å²) in [6.07, 6.45) is 0.214. The Morgan fingerprint density at radius 1 is 0.976 bits per heavy atom. The zero-order valence-electron chi connectivity index (χ0n) is 24.4. The predicted octanol–water partition coefficient (Wildman–Crippen LogP) is 4.20. The molecule has 220 valence electrons. The maximum Gasteiger partial charge on any atom is 0.258 e. The van der Waals surface area contributed by atoms with Crippen LogP contribution < -0.4 is 24.8 Å². The Morgan fingerprint density at radius 2 is 1.76 bits per heavy atom. The lowest BCUT2D eigenvalue weighted by atomic mass is 9.92. The lowest BCUT2D eigenvalue weighted by molar-refractivity contribution is -0.142. The summed E-state index contributed by atoms with van der Waals surface area (Å²) in [4.78, 5) is 41.1. The number of piperidine rings is 1. The van der Waals surface area contributed by atoms with Crippen LogP contribution in [0.15, 0.2) is 66.7 Å². The summed E-state index contributed by atoms with van der Waals surface area (Å²) >= 11 is 0. The molecule has 3 aromatic carbocycles. The van der Waals surface area contributed by atoms with Crippen molar-refractivity contribution in [2.45, 2.75) is 45.9 Å². The molecule has 0 aliphatic carbocycles. The molecule has 0 saturated carbocycles. The lowest BCUT2D eigenvalue weighted by Crippen LogP contribution is -2.59. The maximum atomic E-state index is 13.7. The van der Waals surface area contributed by atoms with Gasteiger partial charge in [0.05, 0.1) is 13.2 Å². The van der Waals surface area contributed by atoms with Crippen LogP contribution in [-0.2, 0) is 16.1 Å². The molecule has 6 bridgehead atoms. The second-order valence-corrected chi connectivity index (χ2v) is 11.7. The number of rotatable bonds is 1. The number of hydrogen-bond acceptors (Lipinski definition) is 6. The molecule has 42 heavy (non-hydrogen) atoms. The molecule has 2 N–H and O–H groups in total. The Morgan fingerprint density at radius 3 is 2.50 bits per heavy atom. The zero-order chi connectivity index (χ0) is 29.9. The normalized spacial score (nSPS) is 19.4. The van der Waals surface area contributed by atoms with Gasteiger partial charge >= 0.3 is 0 Å². The molecule has 3 amide bonds. The van der Waals surface area contributed by atoms with Crippen LogP contribution in [0.25, 0.3) is 11.1 Å². The third kappa shape index (κ3) is 6.67. The Labute approximate surface area is 246 Å². The molecule has 3 aliphatic rings. The van der Waals surface area contributed by atoms with Gasteiger partial charge < -0.3 is 29.7 Å². The predicted molar refractivity (Wildman–Crippen MR) is 159 cm³/mol. The minimum atomic E-state index is -0.542. The SMILES string of the molecule is COc1ccc2cc1-c1cccc(c1)OCC(=O)NCc1ccc(cc1)O[C@@H]1CCN(C(=O)C(C)(C)C)C[C@H]1NC2=O. The van der Waals surface area contributed by atoms with Gasteiger partial charge in [0.25, 0.3) is 11.8 Å². The zero-order valence-corrected chi connectivity index (χ0v) is 24.4. The number of amides is 3. The Balaban J connectivity index is 1.51. The van der Waals surface area contributed by atoms with E-state index in [9.17, 15) is 14.4 Å². The quantitative estimate of drug-likeness (QED) is 0.454. The van der Waals surface area contributed by atoms with E-state index in [1.165, 1.54) is 0 Å². The summed E-state index contributed by atoms with van der Waals surface area (Å²) in [5.41, 5.74) is 2.28. The molecule has 6 rings (SSSR count). The van der Waals surface area contributed by atoms with Crippen LogP contribution >= 0.6 is 0 Å². The Hall–Kier alpha value is -4.53. The van der Waals surface area contributed by atoms with E-state index in [1.807, 2.05) is 63.2 Å². The fraction of sp³-hybridized carbons (Fsp3) is 0.364. The molecule has 3 aliphatic heterocycles. The fourth-order valence-electron chi connectivity index (χ4n) is 5.21. The van der Waals surface area contributed by atoms with Gasteiger partial charge in [-0.1, -0.05) is 45.0 Å². The maximum absolute atomic E-state index is 13.7. The van der Waals surface area contributed by atoms with Crippen molar-refractivity contribution in [3.05, 3.63) is 77.9 Å². The van der Waals surface area contributed by atoms with Crippen molar-refractivity contribution in [2.75, 3.05) is 26.8 Å². The molecule has 0 radical (unpaired) electrons. The minimum absolute atomic E-state index is 0.0295. The molecule has 3 aromatic rings. The van der Waals surface area contributed by atoms with E-state index in [0.717, 1.165) is 11.1 Å². The van der Waals surface area contributed by atoms with Gasteiger partial charge in [-0.25, -0.2) is 0 Å². The standard InChI is InChI=1S/C33H37N3O6/c1-33(2,3)32(39)36-15-14-29-27(19-36)35-31(38)23-10-13-28(40-4)26(17-23)22-6-5-7-25(16-22)41-20-30(37)34-18-21-8-11-24(42-29)12-9-21/h5-13,16-17,27,29H,14-15,18-20H2,1-4H3,(H,34,37)(H,35,38)/t27-,29-/m1/s1. The molecule has 1 fully saturated rings. The molecule has 2 atom stereocenters. The van der Waals surface area contributed by atoms with Gasteiger partial charge in [-0.2, -0.15) is 0 Å². The third-order valence-electron chi connectivity index (χ3n) is 7.47. The average Bonchev–Trinajstić information content (AvgIpc) is 2.99. The smallest absolute Gasteiger partial charge is 0.258 e. The van der Waals surface area contributed by atoms with Crippen LogP contribution in [0.5, 0.6) is 17.2 Å². The number of fused-ring (bicyclic) bond motifs is 7. The van der Waals surface area contributed by atoms with Crippen LogP contribution in [0.4, 0.5) is 0 Å². The van der Waals surface area contributed by atoms with Crippen LogP contribution in [0, 0.1) is 5.41 Å². The van der Waals surface area contributed by atoms with Crippen molar-refractivity contribution in [2.24, 2.45) is 5.41 Å². The molecule has 0 aromatic heterocycles. The number of likely N-dealkylation sites (tertiary alicyclic amines) is 1. The highest BCUT2D eigenvalue weighted by atomic mass is 16.5. The second kappa shape index (κ2) is 12.1. The number of carbonyl (C=O) groups is 3. The monoisotopic (exact) mass is 571 g/mol. The summed E-state index contributed by atoms with van der Waals surface area (Å²) < 4.78 is 17.7. The second-order valence-electron chi connectivity index (χ2n) is 11.7. The Kier molecular flexibility index (Phi) is 8.38. The first-order chi connectivity index (χ1) is 20.1. The average molecular weight is 572 g/mol. The van der Waals surface area contributed by atoms with Crippen molar-refractivity contribution >= 4 is 17.7 Å². The minimum Gasteiger partial charge on any atom is -0.496 e. The van der Waals surface area contributed by atoms with E-state index in [-0.39, 0.29) is 30.4 Å². The van der Waals surface area contributed by atoms with Crippen LogP contribution in [0.3, 0.4) is 0 Å². The van der Waals surface area contributed by atoms with Gasteiger partial charge in [0.1, 0.15) is 23.4 Å². The number of nitrogens with zero attached hydrogens (tertiary/aromatic N) is 1. The summed E-state index contributed by atoms with van der Waals surface area (Å²) in [6, 6.07) is 19.6. The molecule has 3 heterocycles. The first kappa shape index (κ1) is 29.0. The first-order valence-electron chi connectivity index (χ1n) is 14.1. The van der Waals surface area contributed by atoms with E-state index >= 15 is 0 Å². The number of benzene rings is 3. The molecular formula is C33H37N3O6. The van der Waals surface area contributed by atoms with E-state index in [2.05, 4.69) is 10.6 Å². The van der Waals surface area contributed by atoms with Crippen molar-refractivity contribution in [1.82, 2.24) is 15.5 Å². The van der Waals surface area contributed by atoms with E-state index in [4.69, 9.17) is 14.2 Å². The van der Waals surface area contributed by atoms with Gasteiger partial charge in [0, 0.05) is 42.6 Å². The topological polar surface area (TPSA) is 106 Å². The van der Waals surface area contributed by atoms with Gasteiger partial charge in [0.15, 0.2) is 6.61 Å². The summed E-state index contributed by atoms with van der Waals surface area (Å²) in [7, 11) is 1.57.